The Morgan fingerprint density at radius 2 is 2.17 bits per heavy atom. The van der Waals surface area contributed by atoms with Crippen LogP contribution >= 0.6 is 11.3 Å². The molecule has 0 aliphatic carbocycles. The van der Waals surface area contributed by atoms with Crippen LogP contribution in [-0.4, -0.2) is 42.9 Å². The van der Waals surface area contributed by atoms with Crippen molar-refractivity contribution >= 4 is 21.2 Å². The van der Waals surface area contributed by atoms with Gasteiger partial charge in [-0.1, -0.05) is 0 Å². The summed E-state index contributed by atoms with van der Waals surface area (Å²) in [7, 11) is -3.10. The summed E-state index contributed by atoms with van der Waals surface area (Å²) in [5.41, 5.74) is 0.767. The smallest absolute Gasteiger partial charge is 0.370 e. The lowest BCUT2D eigenvalue weighted by atomic mass is 9.76. The standard InChI is InChI=1S/C19H24F3N3O3S2/c1-12-8-18(14-7-17(19(20,21)22)29-16(14)3-5-28-18)9-15(24-12)13-10-23-25(11-13)4-6-30(2,26)27/h7,10-12,15,24H,3-6,8-9H2,1-2H3. The lowest BCUT2D eigenvalue weighted by Gasteiger charge is -2.46. The van der Waals surface area contributed by atoms with Crippen molar-refractivity contribution in [2.45, 2.75) is 56.6 Å². The predicted octanol–water partition coefficient (Wildman–Crippen LogP) is 3.29. The van der Waals surface area contributed by atoms with Crippen LogP contribution in [0.4, 0.5) is 13.2 Å². The van der Waals surface area contributed by atoms with Crippen LogP contribution in [0.3, 0.4) is 0 Å². The van der Waals surface area contributed by atoms with E-state index in [9.17, 15) is 21.6 Å². The Labute approximate surface area is 177 Å². The van der Waals surface area contributed by atoms with E-state index in [4.69, 9.17) is 4.74 Å². The first-order valence-corrected chi connectivity index (χ1v) is 12.6. The van der Waals surface area contributed by atoms with E-state index in [1.165, 1.54) is 12.3 Å². The van der Waals surface area contributed by atoms with Crippen molar-refractivity contribution in [2.75, 3.05) is 18.6 Å². The summed E-state index contributed by atoms with van der Waals surface area (Å²) in [6.45, 7) is 2.65. The summed E-state index contributed by atoms with van der Waals surface area (Å²) in [6, 6.07) is 1.15. The van der Waals surface area contributed by atoms with Crippen LogP contribution in [0.25, 0.3) is 0 Å². The van der Waals surface area contributed by atoms with Crippen LogP contribution < -0.4 is 5.32 Å². The van der Waals surface area contributed by atoms with E-state index in [1.807, 2.05) is 6.92 Å². The molecule has 3 atom stereocenters. The Balaban J connectivity index is 1.61. The van der Waals surface area contributed by atoms with E-state index in [0.29, 0.717) is 31.4 Å². The highest BCUT2D eigenvalue weighted by atomic mass is 32.2. The highest BCUT2D eigenvalue weighted by Gasteiger charge is 2.47. The summed E-state index contributed by atoms with van der Waals surface area (Å²) in [4.78, 5) is 0.180. The topological polar surface area (TPSA) is 73.2 Å². The van der Waals surface area contributed by atoms with Crippen LogP contribution in [0, 0.1) is 0 Å². The Hall–Kier alpha value is -1.43. The van der Waals surface area contributed by atoms with Crippen molar-refractivity contribution in [3.63, 3.8) is 0 Å². The number of fused-ring (bicyclic) bond motifs is 2. The fraction of sp³-hybridized carbons (Fsp3) is 0.632. The van der Waals surface area contributed by atoms with Gasteiger partial charge in [-0.05, 0) is 25.0 Å². The fourth-order valence-corrected chi connectivity index (χ4v) is 6.04. The Morgan fingerprint density at radius 1 is 1.40 bits per heavy atom. The van der Waals surface area contributed by atoms with Crippen molar-refractivity contribution in [3.05, 3.63) is 39.3 Å². The number of thiophene rings is 1. The van der Waals surface area contributed by atoms with Gasteiger partial charge in [0.2, 0.25) is 0 Å². The van der Waals surface area contributed by atoms with Gasteiger partial charge in [0, 0.05) is 47.8 Å². The second kappa shape index (κ2) is 7.61. The minimum atomic E-state index is -4.36. The van der Waals surface area contributed by atoms with E-state index in [2.05, 4.69) is 10.4 Å². The van der Waals surface area contributed by atoms with Crippen LogP contribution in [0.15, 0.2) is 18.5 Å². The van der Waals surface area contributed by atoms with Crippen molar-refractivity contribution in [3.8, 4) is 0 Å². The van der Waals surface area contributed by atoms with Crippen LogP contribution in [-0.2, 0) is 39.3 Å². The summed E-state index contributed by atoms with van der Waals surface area (Å²) in [5.74, 6) is -0.00580. The Kier molecular flexibility index (Phi) is 5.53. The summed E-state index contributed by atoms with van der Waals surface area (Å²) in [5, 5.41) is 7.75. The van der Waals surface area contributed by atoms with Gasteiger partial charge >= 0.3 is 6.18 Å². The number of halogens is 3. The molecule has 11 heteroatoms. The molecule has 4 heterocycles. The van der Waals surface area contributed by atoms with Crippen molar-refractivity contribution < 1.29 is 26.3 Å². The average Bonchev–Trinajstić information content (AvgIpc) is 3.26. The number of hydrogen-bond acceptors (Lipinski definition) is 6. The molecule has 30 heavy (non-hydrogen) atoms. The Morgan fingerprint density at radius 3 is 2.87 bits per heavy atom. The zero-order valence-electron chi connectivity index (χ0n) is 16.7. The zero-order chi connectivity index (χ0) is 21.7. The maximum atomic E-state index is 13.3. The Bertz CT molecular complexity index is 1030. The van der Waals surface area contributed by atoms with Gasteiger partial charge in [-0.25, -0.2) is 8.42 Å². The molecule has 0 radical (unpaired) electrons. The van der Waals surface area contributed by atoms with E-state index < -0.39 is 26.5 Å². The van der Waals surface area contributed by atoms with Crippen LogP contribution in [0.5, 0.6) is 0 Å². The summed E-state index contributed by atoms with van der Waals surface area (Å²) in [6.07, 6.45) is 1.88. The van der Waals surface area contributed by atoms with Crippen molar-refractivity contribution in [2.24, 2.45) is 0 Å². The lowest BCUT2D eigenvalue weighted by Crippen LogP contribution is -2.49. The monoisotopic (exact) mass is 463 g/mol. The first-order chi connectivity index (χ1) is 14.0. The van der Waals surface area contributed by atoms with E-state index in [0.717, 1.165) is 21.8 Å². The first kappa shape index (κ1) is 21.8. The molecule has 2 aliphatic rings. The van der Waals surface area contributed by atoms with Gasteiger partial charge in [0.05, 0.1) is 30.7 Å². The maximum Gasteiger partial charge on any atom is 0.425 e. The molecule has 0 amide bonds. The molecule has 1 saturated heterocycles. The second-order valence-electron chi connectivity index (χ2n) is 8.23. The third-order valence-corrected chi connectivity index (χ3v) is 7.85. The van der Waals surface area contributed by atoms with Crippen LogP contribution in [0.1, 0.15) is 46.7 Å². The molecular weight excluding hydrogens is 439 g/mol. The van der Waals surface area contributed by atoms with Gasteiger partial charge in [-0.3, -0.25) is 4.68 Å². The van der Waals surface area contributed by atoms with Gasteiger partial charge in [0.25, 0.3) is 0 Å². The van der Waals surface area contributed by atoms with Crippen molar-refractivity contribution in [1.29, 1.82) is 0 Å². The average molecular weight is 464 g/mol. The molecule has 2 aromatic rings. The molecule has 3 unspecified atom stereocenters. The molecule has 166 valence electrons. The largest absolute Gasteiger partial charge is 0.425 e. The molecule has 0 bridgehead atoms. The molecule has 2 aromatic heterocycles. The third kappa shape index (κ3) is 4.44. The number of piperidine rings is 1. The quantitative estimate of drug-likeness (QED) is 0.753. The maximum absolute atomic E-state index is 13.3. The zero-order valence-corrected chi connectivity index (χ0v) is 18.3. The summed E-state index contributed by atoms with van der Waals surface area (Å²) < 4.78 is 70.5. The molecule has 6 nitrogen and oxygen atoms in total. The van der Waals surface area contributed by atoms with Gasteiger partial charge in [0.1, 0.15) is 14.7 Å². The number of nitrogens with zero attached hydrogens (tertiary/aromatic N) is 2. The van der Waals surface area contributed by atoms with Crippen LogP contribution in [0.2, 0.25) is 0 Å². The van der Waals surface area contributed by atoms with Gasteiger partial charge in [0.15, 0.2) is 0 Å². The first-order valence-electron chi connectivity index (χ1n) is 9.76. The highest BCUT2D eigenvalue weighted by Crippen LogP contribution is 2.50. The molecule has 2 aliphatic heterocycles. The number of alkyl halides is 3. The number of sulfone groups is 1. The minimum absolute atomic E-state index is 0.00580. The number of aryl methyl sites for hydroxylation is 1. The van der Waals surface area contributed by atoms with E-state index in [-0.39, 0.29) is 24.4 Å². The number of rotatable bonds is 4. The predicted molar refractivity (Wildman–Crippen MR) is 107 cm³/mol. The third-order valence-electron chi connectivity index (χ3n) is 5.69. The normalized spacial score (nSPS) is 27.4. The second-order valence-corrected chi connectivity index (χ2v) is 11.6. The number of hydrogen-bond donors (Lipinski definition) is 1. The molecule has 4 rings (SSSR count). The molecule has 0 saturated carbocycles. The van der Waals surface area contributed by atoms with Gasteiger partial charge < -0.3 is 10.1 Å². The number of ether oxygens (including phenoxy) is 1. The van der Waals surface area contributed by atoms with Gasteiger partial charge in [-0.15, -0.1) is 11.3 Å². The fourth-order valence-electron chi connectivity index (χ4n) is 4.42. The van der Waals surface area contributed by atoms with Crippen molar-refractivity contribution in [1.82, 2.24) is 15.1 Å². The summed E-state index contributed by atoms with van der Waals surface area (Å²) >= 11 is 0.822. The van der Waals surface area contributed by atoms with Gasteiger partial charge in [-0.2, -0.15) is 18.3 Å². The molecular formula is C19H24F3N3O3S2. The van der Waals surface area contributed by atoms with E-state index in [1.54, 1.807) is 17.1 Å². The molecule has 1 fully saturated rings. The lowest BCUT2D eigenvalue weighted by molar-refractivity contribution is -0.134. The van der Waals surface area contributed by atoms with E-state index >= 15 is 0 Å². The highest BCUT2D eigenvalue weighted by molar-refractivity contribution is 7.90. The SMILES string of the molecule is CC1CC2(CC(c3cnn(CCS(C)(=O)=O)c3)N1)OCCc1sc(C(F)(F)F)cc12. The molecule has 1 spiro atoms. The molecule has 1 N–H and O–H groups in total. The number of nitrogens with one attached hydrogen (secondary N) is 1. The molecule has 0 aromatic carbocycles. The minimum Gasteiger partial charge on any atom is -0.370 e. The number of aromatic nitrogens is 2.